The maximum absolute atomic E-state index is 14.9. The van der Waals surface area contributed by atoms with Gasteiger partial charge >= 0.3 is 0 Å². The molecule has 2 aliphatic rings. The van der Waals surface area contributed by atoms with Gasteiger partial charge in [-0.1, -0.05) is 44.2 Å². The molecule has 1 aromatic carbocycles. The second-order valence-electron chi connectivity index (χ2n) is 10.5. The van der Waals surface area contributed by atoms with Gasteiger partial charge in [-0.15, -0.1) is 11.3 Å². The molecule has 0 bridgehead atoms. The average Bonchev–Trinajstić information content (AvgIpc) is 3.38. The number of thiazole rings is 1. The Labute approximate surface area is 242 Å². The highest BCUT2D eigenvalue weighted by Gasteiger charge is 2.43. The smallest absolute Gasteiger partial charge is 0.286 e. The van der Waals surface area contributed by atoms with Gasteiger partial charge in [-0.3, -0.25) is 9.36 Å². The fourth-order valence-corrected chi connectivity index (χ4v) is 8.54. The molecule has 40 heavy (non-hydrogen) atoms. The summed E-state index contributed by atoms with van der Waals surface area (Å²) in [6, 6.07) is 7.75. The lowest BCUT2D eigenvalue weighted by molar-refractivity contribution is -0.130. The monoisotopic (exact) mass is 600 g/mol. The van der Waals surface area contributed by atoms with Crippen LogP contribution in [0.5, 0.6) is 0 Å². The average molecular weight is 601 g/mol. The number of amides is 1. The molecule has 0 spiro atoms. The second kappa shape index (κ2) is 10.7. The van der Waals surface area contributed by atoms with Crippen molar-refractivity contribution in [2.24, 2.45) is 4.76 Å². The van der Waals surface area contributed by atoms with E-state index >= 15 is 0 Å². The quantitative estimate of drug-likeness (QED) is 0.238. The molecule has 1 fully saturated rings. The first-order chi connectivity index (χ1) is 18.9. The van der Waals surface area contributed by atoms with E-state index in [0.717, 1.165) is 5.69 Å². The maximum Gasteiger partial charge on any atom is 0.286 e. The maximum atomic E-state index is 14.9. The van der Waals surface area contributed by atoms with Crippen molar-refractivity contribution in [2.75, 3.05) is 24.4 Å². The molecule has 2 aromatic heterocycles. The number of carbonyl (C=O) groups is 1. The summed E-state index contributed by atoms with van der Waals surface area (Å²) in [6.45, 7) is 14.1. The number of hydrogen-bond donors (Lipinski definition) is 0. The topological polar surface area (TPSA) is 82.0 Å². The third kappa shape index (κ3) is 4.86. The molecule has 0 saturated carbocycles. The predicted octanol–water partition coefficient (Wildman–Crippen LogP) is 6.95. The van der Waals surface area contributed by atoms with Crippen LogP contribution in [0.15, 0.2) is 53.3 Å². The molecule has 0 radical (unpaired) electrons. The summed E-state index contributed by atoms with van der Waals surface area (Å²) in [4.78, 5) is 25.7. The summed E-state index contributed by atoms with van der Waals surface area (Å²) in [7, 11) is -3.48. The normalized spacial score (nSPS) is 22.8. The third-order valence-electron chi connectivity index (χ3n) is 7.21. The van der Waals surface area contributed by atoms with Crippen molar-refractivity contribution < 1.29 is 13.8 Å². The molecule has 210 valence electrons. The summed E-state index contributed by atoms with van der Waals surface area (Å²) in [5, 5.41) is 0.931. The van der Waals surface area contributed by atoms with Gasteiger partial charge in [-0.2, -0.15) is 4.76 Å². The molecule has 1 amide bonds. The Hall–Kier alpha value is -3.07. The zero-order valence-corrected chi connectivity index (χ0v) is 25.5. The number of halogens is 2. The van der Waals surface area contributed by atoms with Gasteiger partial charge in [0, 0.05) is 37.4 Å². The number of nitrogens with zero attached hydrogens (tertiary/aromatic N) is 6. The van der Waals surface area contributed by atoms with Crippen LogP contribution in [0.3, 0.4) is 0 Å². The van der Waals surface area contributed by atoms with Crippen molar-refractivity contribution >= 4 is 52.9 Å². The van der Waals surface area contributed by atoms with Crippen molar-refractivity contribution in [3.8, 4) is 11.3 Å². The number of aromatic nitrogens is 2. The van der Waals surface area contributed by atoms with E-state index in [0.29, 0.717) is 35.3 Å². The number of benzene rings is 1. The van der Waals surface area contributed by atoms with E-state index in [1.54, 1.807) is 46.0 Å². The molecule has 8 nitrogen and oxygen atoms in total. The van der Waals surface area contributed by atoms with Crippen molar-refractivity contribution in [3.63, 3.8) is 0 Å². The first-order valence-electron chi connectivity index (χ1n) is 13.0. The van der Waals surface area contributed by atoms with Gasteiger partial charge in [0.05, 0.1) is 27.5 Å². The molecule has 3 atom stereocenters. The van der Waals surface area contributed by atoms with E-state index in [1.165, 1.54) is 23.5 Å². The van der Waals surface area contributed by atoms with E-state index in [9.17, 15) is 13.8 Å². The van der Waals surface area contributed by atoms with Gasteiger partial charge < -0.3 is 9.80 Å². The Kier molecular flexibility index (Phi) is 7.63. The third-order valence-corrected chi connectivity index (χ3v) is 10.1. The van der Waals surface area contributed by atoms with E-state index in [4.69, 9.17) is 21.3 Å². The zero-order chi connectivity index (χ0) is 28.9. The zero-order valence-electron chi connectivity index (χ0n) is 23.0. The fraction of sp³-hybridized carbons (Fsp3) is 0.357. The molecule has 2 aliphatic heterocycles. The van der Waals surface area contributed by atoms with Crippen LogP contribution in [0.2, 0.25) is 5.02 Å². The van der Waals surface area contributed by atoms with Crippen molar-refractivity contribution in [2.45, 2.75) is 45.7 Å². The van der Waals surface area contributed by atoms with E-state index in [1.807, 2.05) is 27.7 Å². The molecular formula is C28H31ClFN6O2PS. The summed E-state index contributed by atoms with van der Waals surface area (Å²) < 4.78 is 36.0. The van der Waals surface area contributed by atoms with Gasteiger partial charge in [0.1, 0.15) is 16.7 Å². The van der Waals surface area contributed by atoms with Crippen molar-refractivity contribution in [3.05, 3.63) is 70.6 Å². The Balaban J connectivity index is 1.72. The highest BCUT2D eigenvalue weighted by Crippen LogP contribution is 2.60. The highest BCUT2D eigenvalue weighted by molar-refractivity contribution is 7.64. The van der Waals surface area contributed by atoms with Crippen molar-refractivity contribution in [1.29, 1.82) is 0 Å². The van der Waals surface area contributed by atoms with Crippen LogP contribution in [0.4, 0.5) is 15.2 Å². The van der Waals surface area contributed by atoms with Gasteiger partial charge in [0.2, 0.25) is 5.91 Å². The number of piperazine rings is 1. The molecule has 12 heteroatoms. The molecule has 0 unspecified atom stereocenters. The molecule has 5 rings (SSSR count). The number of pyridine rings is 1. The van der Waals surface area contributed by atoms with Gasteiger partial charge in [-0.05, 0) is 44.0 Å². The van der Waals surface area contributed by atoms with Crippen molar-refractivity contribution in [1.82, 2.24) is 19.8 Å². The lowest BCUT2D eigenvalue weighted by Crippen LogP contribution is -2.59. The number of amidine groups is 1. The van der Waals surface area contributed by atoms with Crippen LogP contribution in [0, 0.1) is 5.82 Å². The Morgan fingerprint density at radius 2 is 1.95 bits per heavy atom. The number of anilines is 2. The van der Waals surface area contributed by atoms with E-state index < -0.39 is 13.3 Å². The van der Waals surface area contributed by atoms with E-state index in [-0.39, 0.29) is 40.2 Å². The van der Waals surface area contributed by atoms with Crippen LogP contribution in [0.25, 0.3) is 11.3 Å². The minimum atomic E-state index is -3.48. The van der Waals surface area contributed by atoms with Gasteiger partial charge in [0.15, 0.2) is 5.82 Å². The van der Waals surface area contributed by atoms with Gasteiger partial charge in [0.25, 0.3) is 7.44 Å². The summed E-state index contributed by atoms with van der Waals surface area (Å²) in [5.41, 5.74) is 3.58. The number of rotatable bonds is 4. The largest absolute Gasteiger partial charge is 0.349 e. The molecule has 3 aromatic rings. The summed E-state index contributed by atoms with van der Waals surface area (Å²) in [6.07, 6.45) is 1.32. The van der Waals surface area contributed by atoms with Crippen LogP contribution in [0.1, 0.15) is 44.9 Å². The predicted molar refractivity (Wildman–Crippen MR) is 161 cm³/mol. The second-order valence-corrected chi connectivity index (χ2v) is 14.0. The SMILES string of the molecule is C=CC(=O)N1C[C@H](C)N(C2=N[P@@](C)(=O)N(c3scnc3C(C)C)c3nc(-c4ccccc4F)c(Cl)cc32)C[C@H]1C. The minimum Gasteiger partial charge on any atom is -0.349 e. The first-order valence-corrected chi connectivity index (χ1v) is 16.3. The van der Waals surface area contributed by atoms with E-state index in [2.05, 4.69) is 16.5 Å². The standard InChI is InChI=1S/C28H31ClFN6O2PS/c1-7-23(37)34-13-18(5)35(14-17(34)4)27-20-12-21(29)25(19-10-8-9-11-22(19)30)32-26(20)36(39(6,38)33-27)28-24(16(2)3)31-15-40-28/h7-12,15-18H,1,13-14H2,2-6H3/t17-,18+,39-/m1/s1. The number of carbonyl (C=O) groups excluding carboxylic acids is 1. The molecule has 0 N–H and O–H groups in total. The molecule has 0 aliphatic carbocycles. The Morgan fingerprint density at radius 1 is 1.23 bits per heavy atom. The lowest BCUT2D eigenvalue weighted by atomic mass is 10.0. The van der Waals surface area contributed by atoms with Crippen LogP contribution in [-0.2, 0) is 9.36 Å². The fourth-order valence-electron chi connectivity index (χ4n) is 5.22. The van der Waals surface area contributed by atoms with Gasteiger partial charge in [-0.25, -0.2) is 19.0 Å². The minimum absolute atomic E-state index is 0.0600. The highest BCUT2D eigenvalue weighted by atomic mass is 35.5. The molecule has 1 saturated heterocycles. The summed E-state index contributed by atoms with van der Waals surface area (Å²) >= 11 is 8.14. The van der Waals surface area contributed by atoms with Crippen LogP contribution in [-0.4, -0.2) is 63.3 Å². The molecule has 4 heterocycles. The summed E-state index contributed by atoms with van der Waals surface area (Å²) in [5.74, 6) is 0.341. The Morgan fingerprint density at radius 3 is 2.62 bits per heavy atom. The van der Waals surface area contributed by atoms with Crippen LogP contribution < -0.4 is 4.67 Å². The molecular weight excluding hydrogens is 570 g/mol. The first kappa shape index (κ1) is 28.5. The van der Waals surface area contributed by atoms with Crippen LogP contribution >= 0.6 is 30.4 Å². The lowest BCUT2D eigenvalue weighted by Gasteiger charge is -2.46. The number of hydrogen-bond acceptors (Lipinski definition) is 6. The Bertz CT molecular complexity index is 1580. The number of fused-ring (bicyclic) bond motifs is 1.